The molecule has 0 unspecified atom stereocenters. The fourth-order valence-corrected chi connectivity index (χ4v) is 5.44. The zero-order valence-electron chi connectivity index (χ0n) is 23.3. The highest BCUT2D eigenvalue weighted by Crippen LogP contribution is 2.38. The number of rotatable bonds is 6. The molecule has 1 aliphatic carbocycles. The highest BCUT2D eigenvalue weighted by molar-refractivity contribution is 5.74. The van der Waals surface area contributed by atoms with Crippen LogP contribution in [0.5, 0.6) is 0 Å². The topological polar surface area (TPSA) is 90.8 Å². The highest BCUT2D eigenvalue weighted by Gasteiger charge is 2.38. The van der Waals surface area contributed by atoms with Crippen LogP contribution in [0.15, 0.2) is 42.5 Å². The molecule has 1 heterocycles. The van der Waals surface area contributed by atoms with Crippen LogP contribution >= 0.6 is 0 Å². The fourth-order valence-electron chi connectivity index (χ4n) is 5.44. The van der Waals surface area contributed by atoms with Gasteiger partial charge in [0.05, 0.1) is 4.92 Å². The normalized spacial score (nSPS) is 20.2. The Morgan fingerprint density at radius 1 is 0.975 bits per heavy atom. The van der Waals surface area contributed by atoms with Crippen LogP contribution in [0.3, 0.4) is 0 Å². The van der Waals surface area contributed by atoms with Crippen molar-refractivity contribution in [2.45, 2.75) is 64.1 Å². The zero-order valence-corrected chi connectivity index (χ0v) is 23.3. The Bertz CT molecular complexity index is 1180. The van der Waals surface area contributed by atoms with Crippen LogP contribution in [-0.4, -0.2) is 54.6 Å². The van der Waals surface area contributed by atoms with Crippen LogP contribution in [0.2, 0.25) is 0 Å². The molecule has 0 aromatic heterocycles. The van der Waals surface area contributed by atoms with E-state index >= 15 is 0 Å². The summed E-state index contributed by atoms with van der Waals surface area (Å²) < 4.78 is 39.8. The Morgan fingerprint density at radius 2 is 1.60 bits per heavy atom. The minimum Gasteiger partial charge on any atom is -0.382 e. The van der Waals surface area contributed by atoms with Gasteiger partial charge in [0.1, 0.15) is 5.56 Å². The summed E-state index contributed by atoms with van der Waals surface area (Å²) in [7, 11) is 0. The molecule has 0 spiro atoms. The molecule has 218 valence electrons. The SMILES string of the molecule is CC(C)(C)c1ccc(N2CCN(C(=O)NC[C@H]3CC[C@H](Nc4ccc([N+](=O)[O-])c(C(F)(F)F)c4)CC3)CC2)cc1. The van der Waals surface area contributed by atoms with E-state index in [1.54, 1.807) is 0 Å². The van der Waals surface area contributed by atoms with Crippen LogP contribution < -0.4 is 15.5 Å². The number of urea groups is 1. The molecule has 0 radical (unpaired) electrons. The van der Waals surface area contributed by atoms with Crippen molar-refractivity contribution >= 4 is 23.1 Å². The second kappa shape index (κ2) is 11.9. The number of amides is 2. The zero-order chi connectivity index (χ0) is 29.1. The van der Waals surface area contributed by atoms with Gasteiger partial charge in [-0.15, -0.1) is 0 Å². The van der Waals surface area contributed by atoms with Gasteiger partial charge in [0.25, 0.3) is 5.69 Å². The van der Waals surface area contributed by atoms with E-state index in [0.717, 1.165) is 50.9 Å². The van der Waals surface area contributed by atoms with Crippen molar-refractivity contribution in [2.24, 2.45) is 5.92 Å². The van der Waals surface area contributed by atoms with Crippen molar-refractivity contribution in [3.8, 4) is 0 Å². The molecule has 2 amide bonds. The highest BCUT2D eigenvalue weighted by atomic mass is 19.4. The average Bonchev–Trinajstić information content (AvgIpc) is 2.91. The Hall–Kier alpha value is -3.50. The van der Waals surface area contributed by atoms with E-state index < -0.39 is 22.4 Å². The van der Waals surface area contributed by atoms with Crippen molar-refractivity contribution in [2.75, 3.05) is 42.9 Å². The van der Waals surface area contributed by atoms with E-state index in [9.17, 15) is 28.1 Å². The van der Waals surface area contributed by atoms with Crippen molar-refractivity contribution in [1.82, 2.24) is 10.2 Å². The first-order valence-corrected chi connectivity index (χ1v) is 13.8. The Morgan fingerprint density at radius 3 is 2.15 bits per heavy atom. The quantitative estimate of drug-likeness (QED) is 0.314. The van der Waals surface area contributed by atoms with Gasteiger partial charge in [-0.2, -0.15) is 13.2 Å². The number of alkyl halides is 3. The number of carbonyl (C=O) groups excluding carboxylic acids is 1. The van der Waals surface area contributed by atoms with Crippen LogP contribution in [0.25, 0.3) is 0 Å². The summed E-state index contributed by atoms with van der Waals surface area (Å²) in [6.45, 7) is 10.0. The largest absolute Gasteiger partial charge is 0.423 e. The third kappa shape index (κ3) is 7.37. The molecular formula is C29H38F3N5O3. The lowest BCUT2D eigenvalue weighted by Gasteiger charge is -2.37. The number of anilines is 2. The van der Waals surface area contributed by atoms with E-state index in [4.69, 9.17) is 0 Å². The first-order valence-electron chi connectivity index (χ1n) is 13.8. The standard InChI is InChI=1S/C29H38F3N5O3/c1-28(2,3)21-6-11-24(12-7-21)35-14-16-36(17-15-35)27(38)33-19-20-4-8-22(9-5-20)34-23-10-13-26(37(39)40)25(18-23)29(30,31)32/h6-7,10-13,18,20,22,34H,4-5,8-9,14-17,19H2,1-3H3,(H,33,38)/t20-,22-. The number of carbonyl (C=O) groups is 1. The Balaban J connectivity index is 1.19. The summed E-state index contributed by atoms with van der Waals surface area (Å²) in [5, 5.41) is 17.1. The molecule has 40 heavy (non-hydrogen) atoms. The third-order valence-electron chi connectivity index (χ3n) is 7.92. The van der Waals surface area contributed by atoms with Gasteiger partial charge in [0.15, 0.2) is 0 Å². The van der Waals surface area contributed by atoms with Crippen LogP contribution in [0.4, 0.5) is 35.0 Å². The van der Waals surface area contributed by atoms with Gasteiger partial charge in [-0.3, -0.25) is 10.1 Å². The van der Waals surface area contributed by atoms with E-state index in [1.807, 2.05) is 4.90 Å². The second-order valence-corrected chi connectivity index (χ2v) is 11.8. The number of nitro groups is 1. The summed E-state index contributed by atoms with van der Waals surface area (Å²) in [5.74, 6) is 0.298. The molecule has 2 aromatic carbocycles. The fraction of sp³-hybridized carbons (Fsp3) is 0.552. The van der Waals surface area contributed by atoms with Crippen molar-refractivity contribution in [3.05, 3.63) is 63.7 Å². The maximum absolute atomic E-state index is 13.3. The van der Waals surface area contributed by atoms with Crippen LogP contribution in [0, 0.1) is 16.0 Å². The van der Waals surface area contributed by atoms with E-state index in [2.05, 4.69) is 60.6 Å². The monoisotopic (exact) mass is 561 g/mol. The number of nitro benzene ring substituents is 1. The van der Waals surface area contributed by atoms with Gasteiger partial charge in [-0.1, -0.05) is 32.9 Å². The molecule has 11 heteroatoms. The molecule has 0 bridgehead atoms. The van der Waals surface area contributed by atoms with Crippen molar-refractivity contribution in [3.63, 3.8) is 0 Å². The Kier molecular flexibility index (Phi) is 8.80. The molecule has 1 saturated carbocycles. The second-order valence-electron chi connectivity index (χ2n) is 11.8. The first kappa shape index (κ1) is 29.5. The van der Waals surface area contributed by atoms with Gasteiger partial charge in [0.2, 0.25) is 0 Å². The lowest BCUT2D eigenvalue weighted by Crippen LogP contribution is -2.52. The molecule has 2 fully saturated rings. The summed E-state index contributed by atoms with van der Waals surface area (Å²) in [6, 6.07) is 11.6. The van der Waals surface area contributed by atoms with Gasteiger partial charge >= 0.3 is 12.2 Å². The maximum atomic E-state index is 13.3. The minimum atomic E-state index is -4.81. The number of halogens is 3. The number of nitrogens with zero attached hydrogens (tertiary/aromatic N) is 3. The predicted octanol–water partition coefficient (Wildman–Crippen LogP) is 6.41. The van der Waals surface area contributed by atoms with Crippen LogP contribution in [-0.2, 0) is 11.6 Å². The Labute approximate surface area is 233 Å². The number of benzene rings is 2. The molecule has 4 rings (SSSR count). The minimum absolute atomic E-state index is 0.0277. The van der Waals surface area contributed by atoms with E-state index in [1.165, 1.54) is 17.3 Å². The number of hydrogen-bond donors (Lipinski definition) is 2. The number of piperazine rings is 1. The molecule has 1 aliphatic heterocycles. The van der Waals surface area contributed by atoms with Crippen LogP contribution in [0.1, 0.15) is 57.6 Å². The molecular weight excluding hydrogens is 523 g/mol. The first-order chi connectivity index (χ1) is 18.8. The van der Waals surface area contributed by atoms with Gasteiger partial charge in [-0.25, -0.2) is 4.79 Å². The molecule has 2 aromatic rings. The van der Waals surface area contributed by atoms with Crippen molar-refractivity contribution < 1.29 is 22.9 Å². The van der Waals surface area contributed by atoms with Gasteiger partial charge in [0, 0.05) is 56.2 Å². The van der Waals surface area contributed by atoms with E-state index in [-0.39, 0.29) is 23.2 Å². The molecule has 0 atom stereocenters. The number of nitrogens with one attached hydrogen (secondary N) is 2. The molecule has 2 aliphatic rings. The van der Waals surface area contributed by atoms with Gasteiger partial charge in [-0.05, 0) is 66.8 Å². The average molecular weight is 562 g/mol. The summed E-state index contributed by atoms with van der Waals surface area (Å²) >= 11 is 0. The molecule has 2 N–H and O–H groups in total. The lowest BCUT2D eigenvalue weighted by molar-refractivity contribution is -0.388. The summed E-state index contributed by atoms with van der Waals surface area (Å²) in [6.07, 6.45) is -1.66. The summed E-state index contributed by atoms with van der Waals surface area (Å²) in [4.78, 5) is 26.9. The van der Waals surface area contributed by atoms with Crippen molar-refractivity contribution in [1.29, 1.82) is 0 Å². The maximum Gasteiger partial charge on any atom is 0.423 e. The van der Waals surface area contributed by atoms with E-state index in [0.29, 0.717) is 25.6 Å². The summed E-state index contributed by atoms with van der Waals surface area (Å²) in [5.41, 5.74) is 0.590. The number of hydrogen-bond acceptors (Lipinski definition) is 5. The van der Waals surface area contributed by atoms with Gasteiger partial charge < -0.3 is 20.4 Å². The lowest BCUT2D eigenvalue weighted by atomic mass is 9.86. The smallest absolute Gasteiger partial charge is 0.382 e. The molecule has 1 saturated heterocycles. The third-order valence-corrected chi connectivity index (χ3v) is 7.92. The predicted molar refractivity (Wildman–Crippen MR) is 150 cm³/mol. The molecule has 8 nitrogen and oxygen atoms in total.